The molecule has 5 rings (SSSR count). The molecule has 68 heavy (non-hydrogen) atoms. The first kappa shape index (κ1) is 51.6. The summed E-state index contributed by atoms with van der Waals surface area (Å²) in [7, 11) is 1.06. The molecule has 20 heteroatoms. The second-order valence-corrected chi connectivity index (χ2v) is 17.6. The molecule has 2 fully saturated rings. The van der Waals surface area contributed by atoms with E-state index in [1.807, 2.05) is 20.8 Å². The van der Waals surface area contributed by atoms with Gasteiger partial charge in [-0.1, -0.05) is 72.8 Å². The van der Waals surface area contributed by atoms with Crippen LogP contribution in [0.3, 0.4) is 0 Å². The number of hydrogen-bond donors (Lipinski definition) is 7. The molecule has 2 heterocycles. The van der Waals surface area contributed by atoms with Crippen LogP contribution in [0.2, 0.25) is 0 Å². The van der Waals surface area contributed by atoms with Crippen molar-refractivity contribution in [1.82, 2.24) is 31.1 Å². The number of esters is 1. The van der Waals surface area contributed by atoms with Crippen molar-refractivity contribution in [3.8, 4) is 5.75 Å². The lowest BCUT2D eigenvalue weighted by Gasteiger charge is -2.32. The van der Waals surface area contributed by atoms with Crippen LogP contribution in [0.5, 0.6) is 5.75 Å². The summed E-state index contributed by atoms with van der Waals surface area (Å²) < 4.78 is 10.4. The fourth-order valence-corrected chi connectivity index (χ4v) is 8.01. The van der Waals surface area contributed by atoms with Gasteiger partial charge >= 0.3 is 11.9 Å². The van der Waals surface area contributed by atoms with Crippen molar-refractivity contribution in [2.75, 3.05) is 32.1 Å². The number of amides is 8. The first-order chi connectivity index (χ1) is 32.3. The third-order valence-corrected chi connectivity index (χ3v) is 11.2. The lowest BCUT2D eigenvalue weighted by molar-refractivity contribution is -0.159. The molecule has 0 aromatic heterocycles. The number of benzene rings is 3. The summed E-state index contributed by atoms with van der Waals surface area (Å²) in [5.41, 5.74) is 6.36. The summed E-state index contributed by atoms with van der Waals surface area (Å²) in [4.78, 5) is 121. The number of para-hydroxylation sites is 2. The van der Waals surface area contributed by atoms with Crippen LogP contribution in [-0.4, -0.2) is 137 Å². The summed E-state index contributed by atoms with van der Waals surface area (Å²) >= 11 is 0. The van der Waals surface area contributed by atoms with Crippen LogP contribution in [0, 0.1) is 0 Å². The molecule has 0 unspecified atom stereocenters. The topological polar surface area (TPSA) is 285 Å². The van der Waals surface area contributed by atoms with Gasteiger partial charge in [0.25, 0.3) is 11.8 Å². The normalized spacial score (nSPS) is 17.4. The van der Waals surface area contributed by atoms with Gasteiger partial charge in [-0.05, 0) is 76.1 Å². The third kappa shape index (κ3) is 14.6. The third-order valence-electron chi connectivity index (χ3n) is 11.2. The minimum absolute atomic E-state index is 0.0169. The van der Waals surface area contributed by atoms with E-state index in [2.05, 4.69) is 31.3 Å². The average molecular weight is 941 g/mol. The van der Waals surface area contributed by atoms with Crippen LogP contribution >= 0.6 is 0 Å². The number of nitrogens with zero attached hydrogens (tertiary/aromatic N) is 2. The van der Waals surface area contributed by atoms with Gasteiger partial charge in [0, 0.05) is 25.0 Å². The predicted octanol–water partition coefficient (Wildman–Crippen LogP) is 0.250. The van der Waals surface area contributed by atoms with Gasteiger partial charge in [0.2, 0.25) is 29.5 Å². The molecule has 2 aliphatic heterocycles. The first-order valence-corrected chi connectivity index (χ1v) is 22.3. The van der Waals surface area contributed by atoms with Gasteiger partial charge in [-0.15, -0.1) is 0 Å². The molecular formula is C48H60N8O12. The number of rotatable bonds is 19. The Morgan fingerprint density at radius 2 is 1.29 bits per heavy atom. The zero-order valence-corrected chi connectivity index (χ0v) is 38.5. The van der Waals surface area contributed by atoms with E-state index >= 15 is 0 Å². The van der Waals surface area contributed by atoms with Crippen molar-refractivity contribution in [3.05, 3.63) is 96.1 Å². The predicted molar refractivity (Wildman–Crippen MR) is 246 cm³/mol. The maximum atomic E-state index is 14.0. The quantitative estimate of drug-likeness (QED) is 0.0630. The number of aliphatic hydroxyl groups excluding tert-OH is 1. The zero-order valence-electron chi connectivity index (χ0n) is 38.5. The van der Waals surface area contributed by atoms with Gasteiger partial charge in [0.05, 0.1) is 25.3 Å². The Balaban J connectivity index is 1.27. The Labute approximate surface area is 394 Å². The highest BCUT2D eigenvalue weighted by Gasteiger charge is 2.42. The van der Waals surface area contributed by atoms with Crippen LogP contribution in [0.25, 0.3) is 0 Å². The Bertz CT molecular complexity index is 2310. The van der Waals surface area contributed by atoms with Crippen LogP contribution in [-0.2, 0) is 60.7 Å². The number of aliphatic hydroxyl groups is 1. The van der Waals surface area contributed by atoms with Crippen molar-refractivity contribution in [2.45, 2.75) is 108 Å². The van der Waals surface area contributed by atoms with Crippen LogP contribution in [0.4, 0.5) is 5.69 Å². The van der Waals surface area contributed by atoms with Gasteiger partial charge < -0.3 is 56.7 Å². The van der Waals surface area contributed by atoms with Crippen molar-refractivity contribution in [3.63, 3.8) is 0 Å². The SMILES string of the molecule is COC(=O)C(=O)N1CCC[C@H]1C(=O)N[C@@H](Cc1ccccc1)C(=O)Nc1ccccc1OCC(=O)N[C@@H](CC(N)=O)C(=O)N[C@@H](Cc1ccccc1)[C@H](O)C(=O)N1CCC[C@H]1C(=O)NC(C)(C)C. The highest BCUT2D eigenvalue weighted by molar-refractivity contribution is 6.32. The highest BCUT2D eigenvalue weighted by atomic mass is 16.5. The summed E-state index contributed by atoms with van der Waals surface area (Å²) in [6.45, 7) is 5.04. The van der Waals surface area contributed by atoms with E-state index in [1.54, 1.807) is 72.8 Å². The number of primary amides is 1. The molecule has 8 N–H and O–H groups in total. The number of anilines is 1. The van der Waals surface area contributed by atoms with E-state index in [0.717, 1.165) is 12.0 Å². The molecule has 364 valence electrons. The zero-order chi connectivity index (χ0) is 49.5. The smallest absolute Gasteiger partial charge is 0.396 e. The standard InChI is InChI=1S/C48H60N8O12/c1-48(2,3)54-44(63)36-21-14-23-55(36)45(64)40(59)32(25-29-15-7-5-8-16-29)52-42(61)34(27-38(49)57)50-39(58)28-68-37-22-12-11-19-31(37)51-41(60)33(26-30-17-9-6-10-18-30)53-43(62)35-20-13-24-56(35)46(65)47(66)67-4/h5-12,15-19,22,32-36,40,59H,13-14,20-21,23-28H2,1-4H3,(H2,49,57)(H,50,58)(H,51,60)(H,52,61)(H,53,62)(H,54,63)/t32-,33-,34-,35-,36-,40-/m0/s1. The van der Waals surface area contributed by atoms with Gasteiger partial charge in [-0.3, -0.25) is 38.4 Å². The summed E-state index contributed by atoms with van der Waals surface area (Å²) in [6, 6.07) is 17.7. The lowest BCUT2D eigenvalue weighted by atomic mass is 9.99. The second kappa shape index (κ2) is 23.9. The molecule has 0 saturated carbocycles. The molecule has 8 amide bonds. The Morgan fingerprint density at radius 3 is 1.90 bits per heavy atom. The number of nitrogens with two attached hydrogens (primary N) is 1. The average Bonchev–Trinajstić information content (AvgIpc) is 4.01. The first-order valence-electron chi connectivity index (χ1n) is 22.3. The van der Waals surface area contributed by atoms with Crippen LogP contribution < -0.4 is 37.1 Å². The Hall–Kier alpha value is -7.35. The molecule has 0 radical (unpaired) electrons. The largest absolute Gasteiger partial charge is 0.482 e. The lowest BCUT2D eigenvalue weighted by Crippen LogP contribution is -2.59. The van der Waals surface area contributed by atoms with Crippen LogP contribution in [0.1, 0.15) is 64.0 Å². The fraction of sp³-hybridized carbons (Fsp3) is 0.438. The molecule has 6 atom stereocenters. The minimum atomic E-state index is -1.84. The number of nitrogens with one attached hydrogen (secondary N) is 5. The molecule has 2 aliphatic rings. The highest BCUT2D eigenvalue weighted by Crippen LogP contribution is 2.25. The Morgan fingerprint density at radius 1 is 0.721 bits per heavy atom. The van der Waals surface area contributed by atoms with Crippen molar-refractivity contribution >= 4 is 58.9 Å². The molecule has 0 spiro atoms. The maximum Gasteiger partial charge on any atom is 0.396 e. The van der Waals surface area contributed by atoms with Gasteiger partial charge in [0.15, 0.2) is 12.7 Å². The van der Waals surface area contributed by atoms with Crippen molar-refractivity contribution in [1.29, 1.82) is 0 Å². The number of carbonyl (C=O) groups is 9. The fourth-order valence-electron chi connectivity index (χ4n) is 8.01. The summed E-state index contributed by atoms with van der Waals surface area (Å²) in [5.74, 6) is -7.34. The molecule has 0 bridgehead atoms. The van der Waals surface area contributed by atoms with E-state index in [0.29, 0.717) is 30.4 Å². The molecule has 20 nitrogen and oxygen atoms in total. The number of carbonyl (C=O) groups excluding carboxylic acids is 9. The van der Waals surface area contributed by atoms with Gasteiger partial charge in [-0.2, -0.15) is 0 Å². The number of methoxy groups -OCH3 is 1. The number of hydrogen-bond acceptors (Lipinski definition) is 12. The minimum Gasteiger partial charge on any atom is -0.482 e. The second-order valence-electron chi connectivity index (χ2n) is 17.6. The molecule has 3 aromatic rings. The molecule has 2 saturated heterocycles. The van der Waals surface area contributed by atoms with Crippen molar-refractivity contribution < 1.29 is 57.7 Å². The summed E-state index contributed by atoms with van der Waals surface area (Å²) in [5, 5.41) is 24.9. The Kier molecular flexibility index (Phi) is 18.1. The van der Waals surface area contributed by atoms with Gasteiger partial charge in [0.1, 0.15) is 29.9 Å². The molecular weight excluding hydrogens is 881 g/mol. The number of likely N-dealkylation sites (tertiary alicyclic amines) is 2. The van der Waals surface area contributed by atoms with E-state index in [9.17, 15) is 48.3 Å². The molecule has 0 aliphatic carbocycles. The van der Waals surface area contributed by atoms with E-state index in [1.165, 1.54) is 17.0 Å². The van der Waals surface area contributed by atoms with Crippen molar-refractivity contribution in [2.24, 2.45) is 5.73 Å². The monoisotopic (exact) mass is 940 g/mol. The van der Waals surface area contributed by atoms with Crippen LogP contribution in [0.15, 0.2) is 84.9 Å². The van der Waals surface area contributed by atoms with E-state index in [4.69, 9.17) is 10.5 Å². The van der Waals surface area contributed by atoms with Gasteiger partial charge in [-0.25, -0.2) is 4.79 Å². The maximum absolute atomic E-state index is 14.0. The number of ether oxygens (including phenoxy) is 2. The molecule has 3 aromatic carbocycles. The summed E-state index contributed by atoms with van der Waals surface area (Å²) in [6.07, 6.45) is -0.926. The van der Waals surface area contributed by atoms with E-state index in [-0.39, 0.29) is 49.7 Å². The van der Waals surface area contributed by atoms with E-state index < -0.39 is 102 Å².